The number of anilines is 1. The molecule has 0 fully saturated rings. The Morgan fingerprint density at radius 2 is 2.17 bits per heavy atom. The van der Waals surface area contributed by atoms with Gasteiger partial charge in [-0.3, -0.25) is 4.79 Å². The number of benzene rings is 1. The van der Waals surface area contributed by atoms with Crippen molar-refractivity contribution in [1.29, 1.82) is 0 Å². The van der Waals surface area contributed by atoms with Crippen LogP contribution in [0, 0.1) is 6.92 Å². The minimum atomic E-state index is -0.809. The number of hydrogen-bond donors (Lipinski definition) is 1. The number of carboxylic acids is 1. The summed E-state index contributed by atoms with van der Waals surface area (Å²) in [6, 6.07) is 5.96. The number of aryl methyl sites for hydroxylation is 1. The van der Waals surface area contributed by atoms with Crippen LogP contribution < -0.4 is 4.90 Å². The zero-order valence-corrected chi connectivity index (χ0v) is 10.4. The molecule has 0 spiro atoms. The highest BCUT2D eigenvalue weighted by molar-refractivity contribution is 5.89. The molecule has 0 aliphatic carbocycles. The van der Waals surface area contributed by atoms with Crippen LogP contribution in [0.2, 0.25) is 0 Å². The smallest absolute Gasteiger partial charge is 0.305 e. The van der Waals surface area contributed by atoms with Crippen molar-refractivity contribution in [2.45, 2.75) is 13.3 Å². The van der Waals surface area contributed by atoms with Gasteiger partial charge in [0.15, 0.2) is 0 Å². The summed E-state index contributed by atoms with van der Waals surface area (Å²) in [7, 11) is 1.84. The van der Waals surface area contributed by atoms with Crippen molar-refractivity contribution in [3.63, 3.8) is 0 Å². The first-order valence-electron chi connectivity index (χ1n) is 5.72. The van der Waals surface area contributed by atoms with Gasteiger partial charge in [0, 0.05) is 19.0 Å². The van der Waals surface area contributed by atoms with Gasteiger partial charge in [0.05, 0.1) is 11.9 Å². The Morgan fingerprint density at radius 3 is 2.89 bits per heavy atom. The molecule has 0 aliphatic rings. The van der Waals surface area contributed by atoms with Crippen LogP contribution in [0.1, 0.15) is 12.0 Å². The van der Waals surface area contributed by atoms with E-state index in [0.29, 0.717) is 6.54 Å². The fraction of sp³-hybridized carbons (Fsp3) is 0.308. The minimum absolute atomic E-state index is 0.0911. The van der Waals surface area contributed by atoms with Gasteiger partial charge in [-0.1, -0.05) is 11.6 Å². The third-order valence-corrected chi connectivity index (χ3v) is 2.79. The van der Waals surface area contributed by atoms with Gasteiger partial charge in [0.2, 0.25) is 0 Å². The molecule has 5 nitrogen and oxygen atoms in total. The second kappa shape index (κ2) is 5.00. The molecule has 1 aromatic carbocycles. The molecule has 0 aliphatic heterocycles. The van der Waals surface area contributed by atoms with Crippen molar-refractivity contribution < 1.29 is 9.90 Å². The molecule has 0 unspecified atom stereocenters. The van der Waals surface area contributed by atoms with Gasteiger partial charge in [-0.2, -0.15) is 0 Å². The fourth-order valence-corrected chi connectivity index (χ4v) is 1.83. The van der Waals surface area contributed by atoms with Gasteiger partial charge in [-0.05, 0) is 19.1 Å². The topological polar surface area (TPSA) is 66.3 Å². The quantitative estimate of drug-likeness (QED) is 0.890. The number of hydrogen-bond acceptors (Lipinski definition) is 4. The average molecular weight is 245 g/mol. The molecule has 1 heterocycles. The van der Waals surface area contributed by atoms with Crippen LogP contribution in [0.4, 0.5) is 5.82 Å². The fourth-order valence-electron chi connectivity index (χ4n) is 1.83. The molecule has 0 saturated heterocycles. The zero-order valence-electron chi connectivity index (χ0n) is 10.4. The third kappa shape index (κ3) is 2.56. The molecule has 5 heteroatoms. The van der Waals surface area contributed by atoms with E-state index in [0.717, 1.165) is 22.3 Å². The molecule has 2 rings (SSSR count). The molecule has 0 saturated carbocycles. The van der Waals surface area contributed by atoms with E-state index in [4.69, 9.17) is 5.11 Å². The number of aliphatic carboxylic acids is 1. The Balaban J connectivity index is 2.37. The van der Waals surface area contributed by atoms with E-state index in [9.17, 15) is 4.79 Å². The highest BCUT2D eigenvalue weighted by Gasteiger charge is 2.09. The maximum Gasteiger partial charge on any atom is 0.305 e. The Labute approximate surface area is 105 Å². The molecule has 0 atom stereocenters. The summed E-state index contributed by atoms with van der Waals surface area (Å²) in [6.45, 7) is 2.43. The standard InChI is InChI=1S/C13H15N3O2/c1-9-3-4-11-10(7-9)13(15-8-14-11)16(2)6-5-12(17)18/h3-4,7-8H,5-6H2,1-2H3,(H,17,18). The predicted molar refractivity (Wildman–Crippen MR) is 69.8 cm³/mol. The lowest BCUT2D eigenvalue weighted by Crippen LogP contribution is -2.22. The van der Waals surface area contributed by atoms with E-state index < -0.39 is 5.97 Å². The van der Waals surface area contributed by atoms with Crippen LogP contribution >= 0.6 is 0 Å². The summed E-state index contributed by atoms with van der Waals surface area (Å²) in [5, 5.41) is 9.66. The molecule has 0 amide bonds. The van der Waals surface area contributed by atoms with Gasteiger partial charge < -0.3 is 10.0 Å². The summed E-state index contributed by atoms with van der Waals surface area (Å²) in [4.78, 5) is 20.9. The number of rotatable bonds is 4. The first-order valence-corrected chi connectivity index (χ1v) is 5.72. The summed E-state index contributed by atoms with van der Waals surface area (Å²) in [5.41, 5.74) is 2.00. The van der Waals surface area contributed by atoms with Crippen molar-refractivity contribution in [1.82, 2.24) is 9.97 Å². The van der Waals surface area contributed by atoms with E-state index >= 15 is 0 Å². The summed E-state index contributed by atoms with van der Waals surface area (Å²) >= 11 is 0. The summed E-state index contributed by atoms with van der Waals surface area (Å²) in [6.07, 6.45) is 1.60. The SMILES string of the molecule is Cc1ccc2ncnc(N(C)CCC(=O)O)c2c1. The largest absolute Gasteiger partial charge is 0.481 e. The Bertz CT molecular complexity index is 583. The predicted octanol–water partition coefficient (Wildman–Crippen LogP) is 1.85. The van der Waals surface area contributed by atoms with Crippen molar-refractivity contribution in [2.75, 3.05) is 18.5 Å². The minimum Gasteiger partial charge on any atom is -0.481 e. The molecule has 0 radical (unpaired) electrons. The summed E-state index contributed by atoms with van der Waals surface area (Å²) in [5.74, 6) is -0.0404. The Kier molecular flexibility index (Phi) is 3.41. The van der Waals surface area contributed by atoms with E-state index in [1.807, 2.05) is 37.1 Å². The van der Waals surface area contributed by atoms with Gasteiger partial charge in [0.1, 0.15) is 12.1 Å². The number of carboxylic acid groups (broad SMARTS) is 1. The molecule has 94 valence electrons. The second-order valence-corrected chi connectivity index (χ2v) is 4.28. The molecule has 1 N–H and O–H groups in total. The zero-order chi connectivity index (χ0) is 13.1. The van der Waals surface area contributed by atoms with Crippen LogP contribution in [0.3, 0.4) is 0 Å². The van der Waals surface area contributed by atoms with E-state index in [1.165, 1.54) is 6.33 Å². The number of carbonyl (C=O) groups is 1. The highest BCUT2D eigenvalue weighted by Crippen LogP contribution is 2.22. The lowest BCUT2D eigenvalue weighted by atomic mass is 10.1. The maximum atomic E-state index is 10.6. The van der Waals surface area contributed by atoms with Gasteiger partial charge in [-0.25, -0.2) is 9.97 Å². The highest BCUT2D eigenvalue weighted by atomic mass is 16.4. The van der Waals surface area contributed by atoms with Crippen molar-refractivity contribution in [2.24, 2.45) is 0 Å². The first kappa shape index (κ1) is 12.3. The average Bonchev–Trinajstić information content (AvgIpc) is 2.35. The summed E-state index contributed by atoms with van der Waals surface area (Å²) < 4.78 is 0. The molecular weight excluding hydrogens is 230 g/mol. The number of aromatic nitrogens is 2. The lowest BCUT2D eigenvalue weighted by molar-refractivity contribution is -0.136. The molecule has 18 heavy (non-hydrogen) atoms. The monoisotopic (exact) mass is 245 g/mol. The van der Waals surface area contributed by atoms with E-state index in [1.54, 1.807) is 0 Å². The number of nitrogens with zero attached hydrogens (tertiary/aromatic N) is 3. The molecule has 1 aromatic heterocycles. The normalized spacial score (nSPS) is 10.6. The van der Waals surface area contributed by atoms with Crippen LogP contribution in [-0.2, 0) is 4.79 Å². The lowest BCUT2D eigenvalue weighted by Gasteiger charge is -2.18. The molecule has 0 bridgehead atoms. The Hall–Kier alpha value is -2.17. The van der Waals surface area contributed by atoms with Crippen molar-refractivity contribution in [3.8, 4) is 0 Å². The van der Waals surface area contributed by atoms with Crippen LogP contribution in [0.5, 0.6) is 0 Å². The van der Waals surface area contributed by atoms with Crippen LogP contribution in [0.25, 0.3) is 10.9 Å². The van der Waals surface area contributed by atoms with E-state index in [2.05, 4.69) is 9.97 Å². The van der Waals surface area contributed by atoms with Crippen LogP contribution in [0.15, 0.2) is 24.5 Å². The Morgan fingerprint density at radius 1 is 1.39 bits per heavy atom. The van der Waals surface area contributed by atoms with Gasteiger partial charge in [0.25, 0.3) is 0 Å². The second-order valence-electron chi connectivity index (χ2n) is 4.28. The third-order valence-electron chi connectivity index (χ3n) is 2.79. The van der Waals surface area contributed by atoms with Gasteiger partial charge in [-0.15, -0.1) is 0 Å². The number of fused-ring (bicyclic) bond motifs is 1. The molecular formula is C13H15N3O2. The maximum absolute atomic E-state index is 10.6. The van der Waals surface area contributed by atoms with Gasteiger partial charge >= 0.3 is 5.97 Å². The van der Waals surface area contributed by atoms with Crippen LogP contribution in [-0.4, -0.2) is 34.6 Å². The van der Waals surface area contributed by atoms with E-state index in [-0.39, 0.29) is 6.42 Å². The molecule has 2 aromatic rings. The first-order chi connectivity index (χ1) is 8.58. The van der Waals surface area contributed by atoms with Crippen molar-refractivity contribution in [3.05, 3.63) is 30.1 Å². The van der Waals surface area contributed by atoms with Crippen molar-refractivity contribution >= 4 is 22.7 Å².